The van der Waals surface area contributed by atoms with Gasteiger partial charge >= 0.3 is 0 Å². The third-order valence-electron chi connectivity index (χ3n) is 4.49. The lowest BCUT2D eigenvalue weighted by Gasteiger charge is -2.12. The third-order valence-corrected chi connectivity index (χ3v) is 5.01. The first kappa shape index (κ1) is 15.9. The van der Waals surface area contributed by atoms with E-state index < -0.39 is 0 Å². The molecule has 0 spiro atoms. The minimum atomic E-state index is 0.857. The maximum absolute atomic E-state index is 4.99. The molecule has 2 heterocycles. The van der Waals surface area contributed by atoms with Crippen LogP contribution in [0.1, 0.15) is 23.7 Å². The molecule has 3 nitrogen and oxygen atoms in total. The second-order valence-corrected chi connectivity index (χ2v) is 6.86. The lowest BCUT2D eigenvalue weighted by molar-refractivity contribution is 1.05. The summed E-state index contributed by atoms with van der Waals surface area (Å²) in [6.45, 7) is 6.34. The van der Waals surface area contributed by atoms with Crippen molar-refractivity contribution in [3.8, 4) is 22.4 Å². The van der Waals surface area contributed by atoms with Gasteiger partial charge in [0.15, 0.2) is 0 Å². The maximum atomic E-state index is 4.99. The predicted molar refractivity (Wildman–Crippen MR) is 105 cm³/mol. The van der Waals surface area contributed by atoms with Crippen molar-refractivity contribution in [1.82, 2.24) is 13.7 Å². The van der Waals surface area contributed by atoms with Crippen LogP contribution in [0.4, 0.5) is 0 Å². The number of rotatable bonds is 3. The Morgan fingerprint density at radius 2 is 1.32 bits per heavy atom. The number of pyridine rings is 1. The predicted octanol–water partition coefficient (Wildman–Crippen LogP) is 5.60. The van der Waals surface area contributed by atoms with Crippen molar-refractivity contribution in [3.63, 3.8) is 0 Å². The van der Waals surface area contributed by atoms with Crippen molar-refractivity contribution in [2.45, 2.75) is 27.2 Å². The van der Waals surface area contributed by atoms with Gasteiger partial charge in [-0.25, -0.2) is 4.98 Å². The quantitative estimate of drug-likeness (QED) is 0.485. The molecule has 0 radical (unpaired) electrons. The second-order valence-electron chi connectivity index (χ2n) is 6.33. The van der Waals surface area contributed by atoms with Gasteiger partial charge < -0.3 is 0 Å². The number of aromatic nitrogens is 3. The molecule has 2 aromatic heterocycles. The molecule has 0 unspecified atom stereocenters. The number of hydrogen-bond acceptors (Lipinski definition) is 4. The molecule has 0 atom stereocenters. The number of nitrogens with zero attached hydrogens (tertiary/aromatic N) is 3. The summed E-state index contributed by atoms with van der Waals surface area (Å²) in [7, 11) is 0. The first-order valence-electron chi connectivity index (χ1n) is 8.46. The van der Waals surface area contributed by atoms with Gasteiger partial charge in [-0.1, -0.05) is 66.6 Å². The van der Waals surface area contributed by atoms with E-state index in [1.54, 1.807) is 0 Å². The SMILES string of the molecule is CCc1nc(-c2ccc(C)cc2)c2nsnc2c1-c1ccc(C)cc1. The van der Waals surface area contributed by atoms with Crippen molar-refractivity contribution in [2.24, 2.45) is 0 Å². The molecule has 2 aromatic carbocycles. The molecule has 0 saturated heterocycles. The molecule has 25 heavy (non-hydrogen) atoms. The molecular formula is C21H19N3S. The lowest BCUT2D eigenvalue weighted by Crippen LogP contribution is -1.98. The van der Waals surface area contributed by atoms with E-state index in [0.29, 0.717) is 0 Å². The molecule has 124 valence electrons. The number of hydrogen-bond donors (Lipinski definition) is 0. The topological polar surface area (TPSA) is 38.7 Å². The zero-order valence-electron chi connectivity index (χ0n) is 14.6. The minimum absolute atomic E-state index is 0.857. The molecule has 0 N–H and O–H groups in total. The Kier molecular flexibility index (Phi) is 4.06. The van der Waals surface area contributed by atoms with E-state index in [9.17, 15) is 0 Å². The summed E-state index contributed by atoms with van der Waals surface area (Å²) in [6, 6.07) is 17.0. The van der Waals surface area contributed by atoms with E-state index >= 15 is 0 Å². The Balaban J connectivity index is 2.00. The van der Waals surface area contributed by atoms with E-state index in [1.165, 1.54) is 22.9 Å². The lowest BCUT2D eigenvalue weighted by atomic mass is 9.97. The van der Waals surface area contributed by atoms with Crippen molar-refractivity contribution in [3.05, 3.63) is 65.4 Å². The molecule has 0 fully saturated rings. The van der Waals surface area contributed by atoms with Gasteiger partial charge in [0.1, 0.15) is 11.0 Å². The molecule has 4 aromatic rings. The summed E-state index contributed by atoms with van der Waals surface area (Å²) in [4.78, 5) is 4.99. The fourth-order valence-electron chi connectivity index (χ4n) is 3.08. The van der Waals surface area contributed by atoms with Crippen LogP contribution >= 0.6 is 11.7 Å². The molecule has 0 aliphatic heterocycles. The Bertz CT molecular complexity index is 1030. The summed E-state index contributed by atoms with van der Waals surface area (Å²) in [5.74, 6) is 0. The van der Waals surface area contributed by atoms with Crippen molar-refractivity contribution >= 4 is 22.8 Å². The molecule has 0 amide bonds. The maximum Gasteiger partial charge on any atom is 0.131 e. The van der Waals surface area contributed by atoms with E-state index in [1.807, 2.05) is 0 Å². The average molecular weight is 345 g/mol. The fourth-order valence-corrected chi connectivity index (χ4v) is 3.64. The summed E-state index contributed by atoms with van der Waals surface area (Å²) in [5, 5.41) is 0. The number of aryl methyl sites for hydroxylation is 3. The van der Waals surface area contributed by atoms with Crippen molar-refractivity contribution in [2.75, 3.05) is 0 Å². The highest BCUT2D eigenvalue weighted by Crippen LogP contribution is 2.35. The highest BCUT2D eigenvalue weighted by atomic mass is 32.1. The molecule has 0 saturated carbocycles. The van der Waals surface area contributed by atoms with Gasteiger partial charge in [0.2, 0.25) is 0 Å². The monoisotopic (exact) mass is 345 g/mol. The van der Waals surface area contributed by atoms with Gasteiger partial charge in [-0.15, -0.1) is 0 Å². The zero-order chi connectivity index (χ0) is 17.4. The van der Waals surface area contributed by atoms with E-state index in [-0.39, 0.29) is 0 Å². The van der Waals surface area contributed by atoms with Gasteiger partial charge in [-0.2, -0.15) is 8.75 Å². The Morgan fingerprint density at radius 3 is 1.92 bits per heavy atom. The Hall–Kier alpha value is -2.59. The molecular weight excluding hydrogens is 326 g/mol. The Labute approximate surface area is 151 Å². The highest BCUT2D eigenvalue weighted by molar-refractivity contribution is 7.00. The normalized spacial score (nSPS) is 11.2. The first-order chi connectivity index (χ1) is 12.2. The number of fused-ring (bicyclic) bond motifs is 1. The van der Waals surface area contributed by atoms with Crippen molar-refractivity contribution < 1.29 is 0 Å². The Morgan fingerprint density at radius 1 is 0.760 bits per heavy atom. The van der Waals surface area contributed by atoms with Gasteiger partial charge in [0, 0.05) is 11.1 Å². The highest BCUT2D eigenvalue weighted by Gasteiger charge is 2.19. The first-order valence-corrected chi connectivity index (χ1v) is 9.19. The van der Waals surface area contributed by atoms with Gasteiger partial charge in [-0.3, -0.25) is 0 Å². The largest absolute Gasteiger partial charge is 0.250 e. The van der Waals surface area contributed by atoms with E-state index in [4.69, 9.17) is 4.98 Å². The third kappa shape index (κ3) is 2.83. The van der Waals surface area contributed by atoms with Gasteiger partial charge in [0.05, 0.1) is 23.1 Å². The van der Waals surface area contributed by atoms with Crippen molar-refractivity contribution in [1.29, 1.82) is 0 Å². The summed E-state index contributed by atoms with van der Waals surface area (Å²) >= 11 is 1.26. The van der Waals surface area contributed by atoms with Gasteiger partial charge in [0.25, 0.3) is 0 Å². The summed E-state index contributed by atoms with van der Waals surface area (Å²) in [5.41, 5.74) is 9.69. The van der Waals surface area contributed by atoms with Crippen LogP contribution in [-0.2, 0) is 6.42 Å². The van der Waals surface area contributed by atoms with Crippen LogP contribution in [0.25, 0.3) is 33.4 Å². The van der Waals surface area contributed by atoms with E-state index in [0.717, 1.165) is 45.5 Å². The standard InChI is InChI=1S/C21H19N3S/c1-4-17-18(15-9-5-13(2)6-10-15)20-21(24-25-23-20)19(22-17)16-11-7-14(3)8-12-16/h5-12H,4H2,1-3H3. The summed E-state index contributed by atoms with van der Waals surface area (Å²) in [6.07, 6.45) is 0.857. The molecule has 0 bridgehead atoms. The van der Waals surface area contributed by atoms with Crippen LogP contribution in [0.2, 0.25) is 0 Å². The number of benzene rings is 2. The molecule has 4 rings (SSSR count). The minimum Gasteiger partial charge on any atom is -0.250 e. The molecule has 0 aliphatic rings. The van der Waals surface area contributed by atoms with Crippen LogP contribution in [0.15, 0.2) is 48.5 Å². The molecule has 0 aliphatic carbocycles. The van der Waals surface area contributed by atoms with Crippen LogP contribution in [0, 0.1) is 13.8 Å². The van der Waals surface area contributed by atoms with Crippen LogP contribution < -0.4 is 0 Å². The molecule has 4 heteroatoms. The average Bonchev–Trinajstić information content (AvgIpc) is 3.11. The fraction of sp³-hybridized carbons (Fsp3) is 0.190. The zero-order valence-corrected chi connectivity index (χ0v) is 15.4. The van der Waals surface area contributed by atoms with Crippen LogP contribution in [0.5, 0.6) is 0 Å². The second kappa shape index (κ2) is 6.37. The summed E-state index contributed by atoms with van der Waals surface area (Å²) < 4.78 is 9.18. The van der Waals surface area contributed by atoms with Gasteiger partial charge in [-0.05, 0) is 25.8 Å². The van der Waals surface area contributed by atoms with Crippen LogP contribution in [0.3, 0.4) is 0 Å². The van der Waals surface area contributed by atoms with Crippen LogP contribution in [-0.4, -0.2) is 13.7 Å². The van der Waals surface area contributed by atoms with E-state index in [2.05, 4.69) is 78.0 Å². The smallest absolute Gasteiger partial charge is 0.131 e.